The number of nitrogens with one attached hydrogen (secondary N) is 1. The van der Waals surface area contributed by atoms with Gasteiger partial charge in [0.1, 0.15) is 0 Å². The Bertz CT molecular complexity index is 278. The van der Waals surface area contributed by atoms with E-state index in [-0.39, 0.29) is 5.69 Å². The van der Waals surface area contributed by atoms with Gasteiger partial charge in [0.15, 0.2) is 5.16 Å². The summed E-state index contributed by atoms with van der Waals surface area (Å²) in [6, 6.07) is 0. The molecule has 0 spiro atoms. The first-order valence-electron chi connectivity index (χ1n) is 3.50. The Labute approximate surface area is 69.0 Å². The summed E-state index contributed by atoms with van der Waals surface area (Å²) in [5, 5.41) is 3.31. The van der Waals surface area contributed by atoms with Crippen molar-refractivity contribution >= 4 is 11.8 Å². The number of nitrogens with zero attached hydrogens (tertiary/aromatic N) is 2. The largest absolute Gasteiger partial charge is 0.362 e. The molecular weight excluding hydrogens is 162 g/mol. The highest BCUT2D eigenvalue weighted by Crippen LogP contribution is 2.11. The van der Waals surface area contributed by atoms with Crippen molar-refractivity contribution in [3.05, 3.63) is 10.5 Å². The highest BCUT2D eigenvalue weighted by Gasteiger charge is 2.00. The van der Waals surface area contributed by atoms with Gasteiger partial charge in [-0.3, -0.25) is 4.68 Å². The topological polar surface area (TPSA) is 50.7 Å². The van der Waals surface area contributed by atoms with E-state index in [1.807, 2.05) is 0 Å². The summed E-state index contributed by atoms with van der Waals surface area (Å²) in [6.45, 7) is 2.10. The van der Waals surface area contributed by atoms with Crippen LogP contribution in [0, 0.1) is 0 Å². The van der Waals surface area contributed by atoms with E-state index >= 15 is 0 Å². The summed E-state index contributed by atoms with van der Waals surface area (Å²) in [6.07, 6.45) is 1.09. The Balaban J connectivity index is 2.69. The predicted octanol–water partition coefficient (Wildman–Crippen LogP) is 0.611. The molecule has 1 aromatic rings. The summed E-state index contributed by atoms with van der Waals surface area (Å²) in [4.78, 5) is 14.4. The van der Waals surface area contributed by atoms with Crippen molar-refractivity contribution in [1.82, 2.24) is 14.8 Å². The molecule has 0 radical (unpaired) electrons. The minimum absolute atomic E-state index is 0.272. The van der Waals surface area contributed by atoms with E-state index in [0.29, 0.717) is 0 Å². The highest BCUT2D eigenvalue weighted by molar-refractivity contribution is 7.99. The maximum Gasteiger partial charge on any atom is 0.362 e. The zero-order valence-electron chi connectivity index (χ0n) is 6.63. The fourth-order valence-corrected chi connectivity index (χ4v) is 1.47. The molecule has 0 aliphatic heterocycles. The van der Waals surface area contributed by atoms with Crippen molar-refractivity contribution < 1.29 is 0 Å². The molecule has 0 saturated carbocycles. The molecule has 0 atom stereocenters. The summed E-state index contributed by atoms with van der Waals surface area (Å²) < 4.78 is 1.64. The molecule has 0 aliphatic carbocycles. The zero-order chi connectivity index (χ0) is 8.27. The third kappa shape index (κ3) is 2.11. The lowest BCUT2D eigenvalue weighted by atomic mass is 10.6. The molecule has 1 rings (SSSR count). The predicted molar refractivity (Wildman–Crippen MR) is 44.8 cm³/mol. The molecule has 62 valence electrons. The van der Waals surface area contributed by atoms with Gasteiger partial charge >= 0.3 is 5.69 Å². The van der Waals surface area contributed by atoms with Gasteiger partial charge in [-0.1, -0.05) is 18.7 Å². The maximum atomic E-state index is 10.7. The van der Waals surface area contributed by atoms with Crippen LogP contribution < -0.4 is 5.69 Å². The van der Waals surface area contributed by atoms with Crippen molar-refractivity contribution in [2.24, 2.45) is 7.05 Å². The number of aromatic amines is 1. The van der Waals surface area contributed by atoms with Gasteiger partial charge in [0.05, 0.1) is 0 Å². The van der Waals surface area contributed by atoms with E-state index in [1.165, 1.54) is 0 Å². The number of aryl methyl sites for hydroxylation is 1. The van der Waals surface area contributed by atoms with Gasteiger partial charge in [-0.2, -0.15) is 4.98 Å². The molecule has 0 amide bonds. The van der Waals surface area contributed by atoms with Gasteiger partial charge in [-0.15, -0.1) is 0 Å². The van der Waals surface area contributed by atoms with Crippen molar-refractivity contribution in [2.45, 2.75) is 18.5 Å². The lowest BCUT2D eigenvalue weighted by Gasteiger charge is -1.96. The smallest absolute Gasteiger partial charge is 0.264 e. The van der Waals surface area contributed by atoms with Crippen LogP contribution in [0.25, 0.3) is 0 Å². The summed E-state index contributed by atoms with van der Waals surface area (Å²) in [5.74, 6) is 0.998. The van der Waals surface area contributed by atoms with E-state index in [1.54, 1.807) is 23.5 Å². The van der Waals surface area contributed by atoms with Crippen molar-refractivity contribution in [2.75, 3.05) is 5.75 Å². The van der Waals surface area contributed by atoms with E-state index in [4.69, 9.17) is 0 Å². The Morgan fingerprint density at radius 3 is 2.91 bits per heavy atom. The molecule has 4 nitrogen and oxygen atoms in total. The maximum absolute atomic E-state index is 10.7. The van der Waals surface area contributed by atoms with Crippen LogP contribution in [0.5, 0.6) is 0 Å². The first-order valence-corrected chi connectivity index (χ1v) is 4.48. The van der Waals surface area contributed by atoms with Gasteiger partial charge in [0.2, 0.25) is 0 Å². The van der Waals surface area contributed by atoms with Crippen molar-refractivity contribution in [3.63, 3.8) is 0 Å². The number of aromatic nitrogens is 3. The monoisotopic (exact) mass is 173 g/mol. The molecule has 1 N–H and O–H groups in total. The SMILES string of the molecule is CCCSc1nc(=O)[nH]n1C. The number of rotatable bonds is 3. The van der Waals surface area contributed by atoms with E-state index < -0.39 is 0 Å². The summed E-state index contributed by atoms with van der Waals surface area (Å²) in [7, 11) is 1.78. The van der Waals surface area contributed by atoms with E-state index in [0.717, 1.165) is 17.3 Å². The van der Waals surface area contributed by atoms with Gasteiger partial charge in [0, 0.05) is 12.8 Å². The lowest BCUT2D eigenvalue weighted by molar-refractivity contribution is 0.682. The normalized spacial score (nSPS) is 10.4. The van der Waals surface area contributed by atoms with Gasteiger partial charge < -0.3 is 0 Å². The minimum Gasteiger partial charge on any atom is -0.264 e. The minimum atomic E-state index is -0.272. The van der Waals surface area contributed by atoms with Crippen LogP contribution in [0.1, 0.15) is 13.3 Å². The van der Waals surface area contributed by atoms with Gasteiger partial charge in [-0.05, 0) is 6.42 Å². The molecule has 0 saturated heterocycles. The molecule has 0 bridgehead atoms. The quantitative estimate of drug-likeness (QED) is 0.681. The zero-order valence-corrected chi connectivity index (χ0v) is 7.44. The Morgan fingerprint density at radius 2 is 2.45 bits per heavy atom. The lowest BCUT2D eigenvalue weighted by Crippen LogP contribution is -2.03. The number of thioether (sulfide) groups is 1. The van der Waals surface area contributed by atoms with Crippen LogP contribution in [0.3, 0.4) is 0 Å². The molecule has 11 heavy (non-hydrogen) atoms. The molecule has 5 heteroatoms. The molecule has 0 aliphatic rings. The van der Waals surface area contributed by atoms with Crippen LogP contribution in [0.2, 0.25) is 0 Å². The molecule has 0 unspecified atom stereocenters. The fourth-order valence-electron chi connectivity index (χ4n) is 0.701. The summed E-state index contributed by atoms with van der Waals surface area (Å²) in [5.41, 5.74) is -0.272. The molecule has 1 heterocycles. The standard InChI is InChI=1S/C6H11N3OS/c1-3-4-11-6-7-5(10)8-9(6)2/h3-4H2,1-2H3,(H,8,10). The second kappa shape index (κ2) is 3.61. The van der Waals surface area contributed by atoms with Crippen LogP contribution in [-0.4, -0.2) is 20.5 Å². The van der Waals surface area contributed by atoms with Crippen LogP contribution in [0.4, 0.5) is 0 Å². The number of hydrogen-bond donors (Lipinski definition) is 1. The molecule has 0 aromatic carbocycles. The average Bonchev–Trinajstić information content (AvgIpc) is 2.26. The van der Waals surface area contributed by atoms with Gasteiger partial charge in [0.25, 0.3) is 0 Å². The first kappa shape index (κ1) is 8.39. The Morgan fingerprint density at radius 1 is 1.73 bits per heavy atom. The van der Waals surface area contributed by atoms with Gasteiger partial charge in [-0.25, -0.2) is 9.89 Å². The second-order valence-corrected chi connectivity index (χ2v) is 3.28. The Hall–Kier alpha value is -0.710. The van der Waals surface area contributed by atoms with Crippen molar-refractivity contribution in [3.8, 4) is 0 Å². The van der Waals surface area contributed by atoms with Crippen molar-refractivity contribution in [1.29, 1.82) is 0 Å². The van der Waals surface area contributed by atoms with Crippen LogP contribution >= 0.6 is 11.8 Å². The Kier molecular flexibility index (Phi) is 2.76. The first-order chi connectivity index (χ1) is 5.24. The number of H-pyrrole nitrogens is 1. The van der Waals surface area contributed by atoms with Crippen LogP contribution in [-0.2, 0) is 7.05 Å². The van der Waals surface area contributed by atoms with Crippen LogP contribution in [0.15, 0.2) is 9.95 Å². The number of hydrogen-bond acceptors (Lipinski definition) is 3. The third-order valence-corrected chi connectivity index (χ3v) is 2.42. The fraction of sp³-hybridized carbons (Fsp3) is 0.667. The highest BCUT2D eigenvalue weighted by atomic mass is 32.2. The van der Waals surface area contributed by atoms with E-state index in [9.17, 15) is 4.79 Å². The molecule has 1 aromatic heterocycles. The second-order valence-electron chi connectivity index (χ2n) is 2.22. The average molecular weight is 173 g/mol. The molecular formula is C6H11N3OS. The van der Waals surface area contributed by atoms with E-state index in [2.05, 4.69) is 17.0 Å². The molecule has 0 fully saturated rings. The third-order valence-electron chi connectivity index (χ3n) is 1.18. The summed E-state index contributed by atoms with van der Waals surface area (Å²) >= 11 is 1.59.